The smallest absolute Gasteiger partial charge is 0.342 e. The molecule has 0 aromatic carbocycles. The maximum Gasteiger partial charge on any atom is 0.342 e. The van der Waals surface area contributed by atoms with Gasteiger partial charge in [-0.25, -0.2) is 0 Å². The fourth-order valence-electron chi connectivity index (χ4n) is 2.00. The molecule has 20 heavy (non-hydrogen) atoms. The van der Waals surface area contributed by atoms with Gasteiger partial charge in [0.05, 0.1) is 7.11 Å². The maximum atomic E-state index is 11.7. The van der Waals surface area contributed by atoms with Gasteiger partial charge in [0.1, 0.15) is 11.8 Å². The summed E-state index contributed by atoms with van der Waals surface area (Å²) < 4.78 is 16.3. The van der Waals surface area contributed by atoms with Gasteiger partial charge in [-0.15, -0.1) is 0 Å². The average Bonchev–Trinajstić information content (AvgIpc) is 2.84. The van der Waals surface area contributed by atoms with Crippen molar-refractivity contribution in [3.8, 4) is 0 Å². The van der Waals surface area contributed by atoms with Crippen molar-refractivity contribution >= 4 is 13.6 Å². The Labute approximate surface area is 120 Å². The van der Waals surface area contributed by atoms with Crippen LogP contribution in [0.4, 0.5) is 0 Å². The summed E-state index contributed by atoms with van der Waals surface area (Å²) in [6.45, 7) is 3.85. The van der Waals surface area contributed by atoms with E-state index >= 15 is 0 Å². The van der Waals surface area contributed by atoms with Crippen molar-refractivity contribution in [2.45, 2.75) is 32.1 Å². The molecule has 0 aromatic rings. The minimum Gasteiger partial charge on any atom is -0.468 e. The van der Waals surface area contributed by atoms with Gasteiger partial charge in [-0.05, 0) is 38.0 Å². The van der Waals surface area contributed by atoms with Crippen molar-refractivity contribution in [1.29, 1.82) is 0 Å². The van der Waals surface area contributed by atoms with E-state index < -0.39 is 25.4 Å². The van der Waals surface area contributed by atoms with Gasteiger partial charge in [0.2, 0.25) is 0 Å². The van der Waals surface area contributed by atoms with E-state index in [1.54, 1.807) is 25.7 Å². The molecule has 0 amide bonds. The van der Waals surface area contributed by atoms with Crippen LogP contribution in [0.5, 0.6) is 0 Å². The van der Waals surface area contributed by atoms with Gasteiger partial charge in [-0.3, -0.25) is 14.7 Å². The lowest BCUT2D eigenvalue weighted by molar-refractivity contribution is -0.143. The summed E-state index contributed by atoms with van der Waals surface area (Å²) in [7, 11) is -3.17. The highest BCUT2D eigenvalue weighted by Gasteiger charge is 2.41. The lowest BCUT2D eigenvalue weighted by Gasteiger charge is -2.29. The molecule has 0 aliphatic heterocycles. The van der Waals surface area contributed by atoms with Crippen LogP contribution in [0.15, 0.2) is 0 Å². The van der Waals surface area contributed by atoms with Crippen LogP contribution in [0.1, 0.15) is 20.3 Å². The summed E-state index contributed by atoms with van der Waals surface area (Å²) in [5.41, 5.74) is 0. The predicted octanol–water partition coefficient (Wildman–Crippen LogP) is 1.07. The van der Waals surface area contributed by atoms with E-state index in [-0.39, 0.29) is 5.92 Å². The van der Waals surface area contributed by atoms with Crippen LogP contribution in [-0.4, -0.2) is 34.7 Å². The summed E-state index contributed by atoms with van der Waals surface area (Å²) in [4.78, 5) is 30.7. The Balaban J connectivity index is 2.83. The number of carbonyl (C=O) groups excluding carboxylic acids is 1. The van der Waals surface area contributed by atoms with Crippen molar-refractivity contribution in [3.63, 3.8) is 0 Å². The summed E-state index contributed by atoms with van der Waals surface area (Å²) in [6.07, 6.45) is 7.04. The highest BCUT2D eigenvalue weighted by molar-refractivity contribution is 7.52. The molecular weight excluding hydrogens is 281 g/mol. The van der Waals surface area contributed by atoms with Crippen LogP contribution in [0, 0.1) is 37.5 Å². The minimum absolute atomic E-state index is 0.184. The van der Waals surface area contributed by atoms with Crippen LogP contribution < -0.4 is 5.32 Å². The second-order valence-corrected chi connectivity index (χ2v) is 6.78. The third-order valence-electron chi connectivity index (χ3n) is 2.89. The van der Waals surface area contributed by atoms with Crippen molar-refractivity contribution in [2.24, 2.45) is 5.92 Å². The lowest BCUT2D eigenvalue weighted by Crippen LogP contribution is -2.46. The molecule has 0 spiro atoms. The Morgan fingerprint density at radius 1 is 1.35 bits per heavy atom. The molecule has 1 saturated carbocycles. The first-order chi connectivity index (χ1) is 9.25. The van der Waals surface area contributed by atoms with Crippen molar-refractivity contribution < 1.29 is 23.9 Å². The topological polar surface area (TPSA) is 95.9 Å². The Morgan fingerprint density at radius 2 is 1.90 bits per heavy atom. The van der Waals surface area contributed by atoms with Crippen molar-refractivity contribution in [2.75, 3.05) is 7.11 Å². The van der Waals surface area contributed by atoms with Gasteiger partial charge in [-0.1, -0.05) is 13.8 Å². The number of methoxy groups -OCH3 is 1. The molecular formula is C13H21NO5P. The van der Waals surface area contributed by atoms with E-state index in [0.29, 0.717) is 12.3 Å². The molecule has 2 atom stereocenters. The summed E-state index contributed by atoms with van der Waals surface area (Å²) in [5.74, 6) is -1.09. The van der Waals surface area contributed by atoms with Gasteiger partial charge in [-0.2, -0.15) is 0 Å². The number of hydrogen-bond donors (Lipinski definition) is 3. The third kappa shape index (κ3) is 5.17. The first-order valence-corrected chi connectivity index (χ1v) is 8.04. The number of ether oxygens (including phenoxy) is 1. The number of rotatable bonds is 7. The van der Waals surface area contributed by atoms with Crippen LogP contribution in [0.3, 0.4) is 0 Å². The third-order valence-corrected chi connectivity index (χ3v) is 4.01. The number of esters is 1. The first kappa shape index (κ1) is 17.6. The zero-order valence-electron chi connectivity index (χ0n) is 11.8. The molecule has 1 rings (SSSR count). The second kappa shape index (κ2) is 7.55. The average molecular weight is 302 g/mol. The molecule has 0 bridgehead atoms. The van der Waals surface area contributed by atoms with Crippen LogP contribution in [-0.2, 0) is 14.1 Å². The van der Waals surface area contributed by atoms with Gasteiger partial charge in [0, 0.05) is 5.92 Å². The van der Waals surface area contributed by atoms with E-state index in [1.165, 1.54) is 7.11 Å². The van der Waals surface area contributed by atoms with E-state index in [4.69, 9.17) is 0 Å². The molecule has 0 saturated heterocycles. The summed E-state index contributed by atoms with van der Waals surface area (Å²) >= 11 is 0. The zero-order chi connectivity index (χ0) is 15.3. The molecule has 0 heterocycles. The summed E-state index contributed by atoms with van der Waals surface area (Å²) in [6, 6.07) is -0.757. The second-order valence-electron chi connectivity index (χ2n) is 5.08. The quantitative estimate of drug-likeness (QED) is 0.481. The molecule has 3 N–H and O–H groups in total. The summed E-state index contributed by atoms with van der Waals surface area (Å²) in [5, 5.41) is 2.74. The van der Waals surface area contributed by atoms with Crippen molar-refractivity contribution in [3.05, 3.63) is 31.6 Å². The predicted molar refractivity (Wildman–Crippen MR) is 74.7 cm³/mol. The zero-order valence-corrected chi connectivity index (χ0v) is 12.7. The molecule has 113 valence electrons. The normalized spacial score (nSPS) is 20.1. The largest absolute Gasteiger partial charge is 0.468 e. The van der Waals surface area contributed by atoms with E-state index in [9.17, 15) is 19.1 Å². The first-order valence-electron chi connectivity index (χ1n) is 6.36. The fraction of sp³-hybridized carbons (Fsp3) is 0.538. The SMILES string of the molecule is COC(=O)C(CC(C)C)NC([C]1[CH][CH][CH][CH]1)P(=O)(O)O. The Kier molecular flexibility index (Phi) is 6.65. The van der Waals surface area contributed by atoms with E-state index in [2.05, 4.69) is 10.1 Å². The molecule has 1 aliphatic rings. The Bertz CT molecular complexity index is 362. The van der Waals surface area contributed by atoms with E-state index in [0.717, 1.165) is 0 Å². The van der Waals surface area contributed by atoms with Gasteiger partial charge in [0.15, 0.2) is 0 Å². The Hall–Kier alpha value is -0.420. The molecule has 1 aliphatic carbocycles. The van der Waals surface area contributed by atoms with Gasteiger partial charge in [0.25, 0.3) is 0 Å². The number of hydrogen-bond acceptors (Lipinski definition) is 4. The molecule has 0 aromatic heterocycles. The number of nitrogens with one attached hydrogen (secondary N) is 1. The maximum absolute atomic E-state index is 11.7. The molecule has 2 unspecified atom stereocenters. The van der Waals surface area contributed by atoms with Crippen LogP contribution in [0.25, 0.3) is 0 Å². The van der Waals surface area contributed by atoms with Crippen LogP contribution in [0.2, 0.25) is 0 Å². The molecule has 5 radical (unpaired) electrons. The molecule has 6 nitrogen and oxygen atoms in total. The van der Waals surface area contributed by atoms with Gasteiger partial charge < -0.3 is 14.5 Å². The monoisotopic (exact) mass is 302 g/mol. The van der Waals surface area contributed by atoms with Crippen LogP contribution >= 0.6 is 7.60 Å². The van der Waals surface area contributed by atoms with Crippen molar-refractivity contribution in [1.82, 2.24) is 5.32 Å². The fourth-order valence-corrected chi connectivity index (χ4v) is 2.93. The Morgan fingerprint density at radius 3 is 2.30 bits per heavy atom. The molecule has 7 heteroatoms. The van der Waals surface area contributed by atoms with E-state index in [1.807, 2.05) is 13.8 Å². The highest BCUT2D eigenvalue weighted by Crippen LogP contribution is 2.48. The highest BCUT2D eigenvalue weighted by atomic mass is 31.2. The number of carbonyl (C=O) groups is 1. The lowest BCUT2D eigenvalue weighted by atomic mass is 10.0. The molecule has 1 fully saturated rings. The minimum atomic E-state index is -4.43. The standard InChI is InChI=1S/C13H21NO5P/c1-9(2)8-11(13(15)19-3)14-12(20(16,17)18)10-6-4-5-7-10/h4-7,9,11-12,14H,8H2,1-3H3,(H2,16,17,18). The van der Waals surface area contributed by atoms with Gasteiger partial charge >= 0.3 is 13.6 Å².